The number of alkyl carbamates (subject to hydrolysis) is 1. The lowest BCUT2D eigenvalue weighted by atomic mass is 10.2. The molecular formula is C14H23N3O3. The van der Waals surface area contributed by atoms with E-state index in [0.717, 1.165) is 5.69 Å². The first-order valence-corrected chi connectivity index (χ1v) is 6.45. The minimum Gasteiger partial charge on any atom is -0.497 e. The molecule has 1 rings (SSSR count). The van der Waals surface area contributed by atoms with Crippen molar-refractivity contribution in [1.82, 2.24) is 5.32 Å². The second-order valence-electron chi connectivity index (χ2n) is 5.35. The average molecular weight is 281 g/mol. The van der Waals surface area contributed by atoms with Crippen LogP contribution in [0, 0.1) is 0 Å². The summed E-state index contributed by atoms with van der Waals surface area (Å²) in [6.07, 6.45) is -0.426. The normalized spacial score (nSPS) is 10.8. The Bertz CT molecular complexity index is 455. The fraction of sp³-hybridized carbons (Fsp3) is 0.500. The number of anilines is 2. The van der Waals surface area contributed by atoms with Crippen LogP contribution in [0.4, 0.5) is 16.2 Å². The molecule has 112 valence electrons. The Morgan fingerprint density at radius 2 is 1.95 bits per heavy atom. The summed E-state index contributed by atoms with van der Waals surface area (Å²) in [5, 5.41) is 5.81. The van der Waals surface area contributed by atoms with Crippen LogP contribution in [0.3, 0.4) is 0 Å². The number of hydrogen-bond donors (Lipinski definition) is 3. The van der Waals surface area contributed by atoms with Crippen molar-refractivity contribution in [2.45, 2.75) is 26.4 Å². The molecule has 1 amide bonds. The first-order chi connectivity index (χ1) is 9.30. The number of nitrogens with one attached hydrogen (secondary N) is 2. The monoisotopic (exact) mass is 281 g/mol. The largest absolute Gasteiger partial charge is 0.497 e. The molecule has 1 aromatic carbocycles. The molecule has 20 heavy (non-hydrogen) atoms. The highest BCUT2D eigenvalue weighted by atomic mass is 16.6. The molecule has 6 heteroatoms. The number of carbonyl (C=O) groups is 1. The Labute approximate surface area is 119 Å². The lowest BCUT2D eigenvalue weighted by Gasteiger charge is -2.19. The number of rotatable bonds is 5. The zero-order valence-corrected chi connectivity index (χ0v) is 12.4. The van der Waals surface area contributed by atoms with Crippen molar-refractivity contribution in [2.24, 2.45) is 0 Å². The summed E-state index contributed by atoms with van der Waals surface area (Å²) in [4.78, 5) is 11.4. The van der Waals surface area contributed by atoms with Crippen molar-refractivity contribution >= 4 is 17.5 Å². The Balaban J connectivity index is 2.34. The third-order valence-electron chi connectivity index (χ3n) is 2.29. The summed E-state index contributed by atoms with van der Waals surface area (Å²) < 4.78 is 10.3. The van der Waals surface area contributed by atoms with Crippen LogP contribution in [0.1, 0.15) is 20.8 Å². The van der Waals surface area contributed by atoms with Gasteiger partial charge in [-0.15, -0.1) is 0 Å². The van der Waals surface area contributed by atoms with Crippen LogP contribution in [0.15, 0.2) is 18.2 Å². The highest BCUT2D eigenvalue weighted by Crippen LogP contribution is 2.21. The minimum atomic E-state index is -0.487. The van der Waals surface area contributed by atoms with Crippen LogP contribution < -0.4 is 21.1 Å². The molecule has 1 aromatic rings. The lowest BCUT2D eigenvalue weighted by molar-refractivity contribution is 0.0530. The number of nitrogen functional groups attached to an aromatic ring is 1. The Kier molecular flexibility index (Phi) is 5.49. The van der Waals surface area contributed by atoms with Crippen LogP contribution >= 0.6 is 0 Å². The van der Waals surface area contributed by atoms with Gasteiger partial charge in [0, 0.05) is 36.6 Å². The molecule has 0 radical (unpaired) electrons. The van der Waals surface area contributed by atoms with Crippen molar-refractivity contribution in [2.75, 3.05) is 31.2 Å². The van der Waals surface area contributed by atoms with Crippen LogP contribution in [0.25, 0.3) is 0 Å². The fourth-order valence-corrected chi connectivity index (χ4v) is 1.53. The number of ether oxygens (including phenoxy) is 2. The molecule has 0 aliphatic carbocycles. The highest BCUT2D eigenvalue weighted by molar-refractivity contribution is 5.67. The number of benzene rings is 1. The molecule has 6 nitrogen and oxygen atoms in total. The van der Waals surface area contributed by atoms with Gasteiger partial charge in [0.05, 0.1) is 7.11 Å². The third kappa shape index (κ3) is 6.17. The van der Waals surface area contributed by atoms with E-state index in [-0.39, 0.29) is 0 Å². The van der Waals surface area contributed by atoms with E-state index < -0.39 is 11.7 Å². The molecule has 0 aromatic heterocycles. The summed E-state index contributed by atoms with van der Waals surface area (Å²) in [5.74, 6) is 0.688. The molecule has 0 bridgehead atoms. The SMILES string of the molecule is COc1cc(N)cc(NCCNC(=O)OC(C)(C)C)c1. The standard InChI is InChI=1S/C14H23N3O3/c1-14(2,3)20-13(18)17-6-5-16-11-7-10(15)8-12(9-11)19-4/h7-9,16H,5-6,15H2,1-4H3,(H,17,18). The van der Waals surface area contributed by atoms with Gasteiger partial charge in [0.25, 0.3) is 0 Å². The predicted molar refractivity (Wildman–Crippen MR) is 80.1 cm³/mol. The lowest BCUT2D eigenvalue weighted by Crippen LogP contribution is -2.35. The number of amides is 1. The van der Waals surface area contributed by atoms with Crippen LogP contribution in [0.2, 0.25) is 0 Å². The van der Waals surface area contributed by atoms with Gasteiger partial charge < -0.3 is 25.8 Å². The Hall–Kier alpha value is -2.11. The number of carbonyl (C=O) groups excluding carboxylic acids is 1. The Morgan fingerprint density at radius 1 is 1.25 bits per heavy atom. The molecule has 0 spiro atoms. The molecule has 0 unspecified atom stereocenters. The van der Waals surface area contributed by atoms with Gasteiger partial charge in [0.15, 0.2) is 0 Å². The van der Waals surface area contributed by atoms with Crippen molar-refractivity contribution < 1.29 is 14.3 Å². The van der Waals surface area contributed by atoms with Crippen molar-refractivity contribution in [3.63, 3.8) is 0 Å². The fourth-order valence-electron chi connectivity index (χ4n) is 1.53. The quantitative estimate of drug-likeness (QED) is 0.569. The zero-order chi connectivity index (χ0) is 15.2. The summed E-state index contributed by atoms with van der Waals surface area (Å²) in [7, 11) is 1.59. The van der Waals surface area contributed by atoms with E-state index in [4.69, 9.17) is 15.2 Å². The maximum absolute atomic E-state index is 11.4. The number of methoxy groups -OCH3 is 1. The topological polar surface area (TPSA) is 85.6 Å². The van der Waals surface area contributed by atoms with Gasteiger partial charge in [0.2, 0.25) is 0 Å². The van der Waals surface area contributed by atoms with E-state index in [9.17, 15) is 4.79 Å². The van der Waals surface area contributed by atoms with Gasteiger partial charge >= 0.3 is 6.09 Å². The summed E-state index contributed by atoms with van der Waals surface area (Å²) in [6.45, 7) is 6.48. The predicted octanol–water partition coefficient (Wildman–Crippen LogP) is 2.21. The minimum absolute atomic E-state index is 0.426. The number of nitrogens with two attached hydrogens (primary N) is 1. The first kappa shape index (κ1) is 15.9. The second-order valence-corrected chi connectivity index (χ2v) is 5.35. The molecule has 0 fully saturated rings. The van der Waals surface area contributed by atoms with Crippen LogP contribution in [-0.4, -0.2) is 31.9 Å². The average Bonchev–Trinajstić information content (AvgIpc) is 2.32. The van der Waals surface area contributed by atoms with Crippen molar-refractivity contribution in [1.29, 1.82) is 0 Å². The van der Waals surface area contributed by atoms with Gasteiger partial charge in [-0.25, -0.2) is 4.79 Å². The van der Waals surface area contributed by atoms with E-state index in [0.29, 0.717) is 24.5 Å². The molecule has 0 heterocycles. The molecule has 0 saturated heterocycles. The molecule has 0 atom stereocenters. The van der Waals surface area contributed by atoms with E-state index in [1.807, 2.05) is 26.8 Å². The third-order valence-corrected chi connectivity index (χ3v) is 2.29. The van der Waals surface area contributed by atoms with Gasteiger partial charge in [-0.3, -0.25) is 0 Å². The van der Waals surface area contributed by atoms with E-state index in [1.54, 1.807) is 19.2 Å². The van der Waals surface area contributed by atoms with Gasteiger partial charge in [-0.2, -0.15) is 0 Å². The molecular weight excluding hydrogens is 258 g/mol. The maximum Gasteiger partial charge on any atom is 0.407 e. The second kappa shape index (κ2) is 6.88. The van der Waals surface area contributed by atoms with Gasteiger partial charge in [-0.1, -0.05) is 0 Å². The molecule has 4 N–H and O–H groups in total. The summed E-state index contributed by atoms with van der Waals surface area (Å²) >= 11 is 0. The van der Waals surface area contributed by atoms with Crippen LogP contribution in [0.5, 0.6) is 5.75 Å². The van der Waals surface area contributed by atoms with E-state index in [2.05, 4.69) is 10.6 Å². The first-order valence-electron chi connectivity index (χ1n) is 6.45. The van der Waals surface area contributed by atoms with Crippen molar-refractivity contribution in [3.05, 3.63) is 18.2 Å². The molecule has 0 aliphatic rings. The van der Waals surface area contributed by atoms with Gasteiger partial charge in [-0.05, 0) is 26.8 Å². The zero-order valence-electron chi connectivity index (χ0n) is 12.4. The van der Waals surface area contributed by atoms with Crippen molar-refractivity contribution in [3.8, 4) is 5.75 Å². The molecule has 0 saturated carbocycles. The summed E-state index contributed by atoms with van der Waals surface area (Å²) in [6, 6.07) is 5.38. The van der Waals surface area contributed by atoms with E-state index >= 15 is 0 Å². The Morgan fingerprint density at radius 3 is 2.55 bits per heavy atom. The molecule has 0 aliphatic heterocycles. The maximum atomic E-state index is 11.4. The smallest absolute Gasteiger partial charge is 0.407 e. The highest BCUT2D eigenvalue weighted by Gasteiger charge is 2.15. The van der Waals surface area contributed by atoms with Gasteiger partial charge in [0.1, 0.15) is 11.4 Å². The van der Waals surface area contributed by atoms with E-state index in [1.165, 1.54) is 0 Å². The number of hydrogen-bond acceptors (Lipinski definition) is 5. The summed E-state index contributed by atoms with van der Waals surface area (Å²) in [5.41, 5.74) is 6.72. The van der Waals surface area contributed by atoms with Crippen LogP contribution in [-0.2, 0) is 4.74 Å².